The largest absolute Gasteiger partial charge is 0.459 e. The predicted octanol–water partition coefficient (Wildman–Crippen LogP) is 2.91. The third kappa shape index (κ3) is 3.02. The van der Waals surface area contributed by atoms with Crippen LogP contribution in [0.25, 0.3) is 0 Å². The van der Waals surface area contributed by atoms with Crippen molar-refractivity contribution < 1.29 is 9.53 Å². The van der Waals surface area contributed by atoms with Crippen LogP contribution in [-0.4, -0.2) is 11.6 Å². The summed E-state index contributed by atoms with van der Waals surface area (Å²) in [6.07, 6.45) is 5.75. The second-order valence-corrected chi connectivity index (χ2v) is 4.59. The minimum Gasteiger partial charge on any atom is -0.459 e. The summed E-state index contributed by atoms with van der Waals surface area (Å²) in [5, 5.41) is 0. The summed E-state index contributed by atoms with van der Waals surface area (Å²) in [4.78, 5) is 11.4. The first-order valence-corrected chi connectivity index (χ1v) is 5.26. The maximum absolute atomic E-state index is 11.4. The van der Waals surface area contributed by atoms with Gasteiger partial charge in [-0.3, -0.25) is 4.79 Å². The lowest BCUT2D eigenvalue weighted by molar-refractivity contribution is -0.165. The summed E-state index contributed by atoms with van der Waals surface area (Å²) in [6, 6.07) is 0. The van der Waals surface area contributed by atoms with E-state index in [0.29, 0.717) is 0 Å². The Morgan fingerprint density at radius 1 is 1.23 bits per heavy atom. The van der Waals surface area contributed by atoms with E-state index in [2.05, 4.69) is 6.92 Å². The first-order valence-electron chi connectivity index (χ1n) is 5.26. The smallest absolute Gasteiger partial charge is 0.308 e. The van der Waals surface area contributed by atoms with Gasteiger partial charge in [0, 0.05) is 0 Å². The highest BCUT2D eigenvalue weighted by atomic mass is 16.6. The van der Waals surface area contributed by atoms with Crippen molar-refractivity contribution in [2.24, 2.45) is 5.92 Å². The normalized spacial score (nSPS) is 21.5. The van der Waals surface area contributed by atoms with Crippen LogP contribution in [0.5, 0.6) is 0 Å². The van der Waals surface area contributed by atoms with Gasteiger partial charge in [0.05, 0.1) is 5.92 Å². The van der Waals surface area contributed by atoms with E-state index in [4.69, 9.17) is 4.74 Å². The molecule has 0 amide bonds. The zero-order chi connectivity index (χ0) is 9.90. The molecule has 0 aliphatic heterocycles. The Kier molecular flexibility index (Phi) is 3.34. The molecule has 0 radical (unpaired) electrons. The number of hydrogen-bond acceptors (Lipinski definition) is 2. The van der Waals surface area contributed by atoms with Crippen molar-refractivity contribution >= 4 is 5.97 Å². The van der Waals surface area contributed by atoms with Gasteiger partial charge in [0.1, 0.15) is 5.60 Å². The molecule has 76 valence electrons. The molecule has 0 N–H and O–H groups in total. The first kappa shape index (κ1) is 10.6. The molecule has 1 aliphatic carbocycles. The van der Waals surface area contributed by atoms with Gasteiger partial charge in [-0.25, -0.2) is 0 Å². The Balaban J connectivity index is 2.45. The molecule has 1 fully saturated rings. The summed E-state index contributed by atoms with van der Waals surface area (Å²) in [7, 11) is 0. The van der Waals surface area contributed by atoms with Crippen LogP contribution in [0.1, 0.15) is 52.9 Å². The van der Waals surface area contributed by atoms with Gasteiger partial charge >= 0.3 is 5.97 Å². The van der Waals surface area contributed by atoms with E-state index in [1.165, 1.54) is 19.3 Å². The molecule has 0 bridgehead atoms. The number of esters is 1. The van der Waals surface area contributed by atoms with E-state index >= 15 is 0 Å². The second kappa shape index (κ2) is 4.12. The summed E-state index contributed by atoms with van der Waals surface area (Å²) < 4.78 is 5.50. The number of rotatable bonds is 2. The molecule has 1 aliphatic rings. The summed E-state index contributed by atoms with van der Waals surface area (Å²) >= 11 is 0. The average molecular weight is 184 g/mol. The van der Waals surface area contributed by atoms with E-state index in [1.54, 1.807) is 0 Å². The van der Waals surface area contributed by atoms with E-state index in [9.17, 15) is 4.79 Å². The highest BCUT2D eigenvalue weighted by Gasteiger charge is 2.31. The third-order valence-corrected chi connectivity index (χ3v) is 2.73. The van der Waals surface area contributed by atoms with E-state index in [1.807, 2.05) is 13.8 Å². The van der Waals surface area contributed by atoms with Crippen LogP contribution in [0.3, 0.4) is 0 Å². The molecule has 0 saturated heterocycles. The van der Waals surface area contributed by atoms with Crippen LogP contribution < -0.4 is 0 Å². The molecule has 13 heavy (non-hydrogen) atoms. The van der Waals surface area contributed by atoms with Gasteiger partial charge in [0.15, 0.2) is 0 Å². The minimum absolute atomic E-state index is 0.00116. The molecule has 0 atom stereocenters. The van der Waals surface area contributed by atoms with Gasteiger partial charge in [0.2, 0.25) is 0 Å². The Bertz CT molecular complexity index is 179. The van der Waals surface area contributed by atoms with E-state index < -0.39 is 0 Å². The Morgan fingerprint density at radius 2 is 1.77 bits per heavy atom. The number of hydrogen-bond donors (Lipinski definition) is 0. The Hall–Kier alpha value is -0.530. The average Bonchev–Trinajstić information content (AvgIpc) is 2.04. The van der Waals surface area contributed by atoms with Crippen LogP contribution in [0.15, 0.2) is 0 Å². The van der Waals surface area contributed by atoms with Crippen molar-refractivity contribution in [1.82, 2.24) is 0 Å². The van der Waals surface area contributed by atoms with Gasteiger partial charge < -0.3 is 4.74 Å². The summed E-state index contributed by atoms with van der Waals surface area (Å²) in [5.41, 5.74) is -0.167. The fourth-order valence-corrected chi connectivity index (χ4v) is 1.76. The topological polar surface area (TPSA) is 26.3 Å². The van der Waals surface area contributed by atoms with Crippen molar-refractivity contribution in [3.8, 4) is 0 Å². The standard InChI is InChI=1S/C11H20O2/c1-9(2)10(12)13-11(3)7-5-4-6-8-11/h9H,4-8H2,1-3H3. The number of carbonyl (C=O) groups excluding carboxylic acids is 1. The SMILES string of the molecule is CC(C)C(=O)OC1(C)CCCCC1. The van der Waals surface area contributed by atoms with Crippen molar-refractivity contribution in [1.29, 1.82) is 0 Å². The highest BCUT2D eigenvalue weighted by Crippen LogP contribution is 2.31. The van der Waals surface area contributed by atoms with Crippen LogP contribution in [0.2, 0.25) is 0 Å². The molecule has 2 nitrogen and oxygen atoms in total. The first-order chi connectivity index (χ1) is 6.03. The quantitative estimate of drug-likeness (QED) is 0.617. The minimum atomic E-state index is -0.167. The third-order valence-electron chi connectivity index (χ3n) is 2.73. The molecular formula is C11H20O2. The molecule has 0 aromatic rings. The lowest BCUT2D eigenvalue weighted by Crippen LogP contribution is -2.35. The molecule has 1 saturated carbocycles. The predicted molar refractivity (Wildman–Crippen MR) is 52.4 cm³/mol. The maximum atomic E-state index is 11.4. The molecule has 1 rings (SSSR count). The van der Waals surface area contributed by atoms with Crippen LogP contribution in [-0.2, 0) is 9.53 Å². The van der Waals surface area contributed by atoms with Gasteiger partial charge in [-0.15, -0.1) is 0 Å². The highest BCUT2D eigenvalue weighted by molar-refractivity contribution is 5.72. The van der Waals surface area contributed by atoms with Crippen molar-refractivity contribution in [2.75, 3.05) is 0 Å². The van der Waals surface area contributed by atoms with Crippen LogP contribution >= 0.6 is 0 Å². The molecule has 0 aromatic carbocycles. The number of carbonyl (C=O) groups is 1. The second-order valence-electron chi connectivity index (χ2n) is 4.59. The maximum Gasteiger partial charge on any atom is 0.308 e. The lowest BCUT2D eigenvalue weighted by Gasteiger charge is -2.33. The van der Waals surface area contributed by atoms with Crippen LogP contribution in [0, 0.1) is 5.92 Å². The zero-order valence-electron chi connectivity index (χ0n) is 8.93. The van der Waals surface area contributed by atoms with Gasteiger partial charge in [-0.05, 0) is 32.6 Å². The van der Waals surface area contributed by atoms with Crippen molar-refractivity contribution in [2.45, 2.75) is 58.5 Å². The number of ether oxygens (including phenoxy) is 1. The van der Waals surface area contributed by atoms with E-state index in [-0.39, 0.29) is 17.5 Å². The zero-order valence-corrected chi connectivity index (χ0v) is 8.93. The van der Waals surface area contributed by atoms with Crippen molar-refractivity contribution in [3.63, 3.8) is 0 Å². The molecule has 0 unspecified atom stereocenters. The monoisotopic (exact) mass is 184 g/mol. The molecule has 0 heterocycles. The fourth-order valence-electron chi connectivity index (χ4n) is 1.76. The van der Waals surface area contributed by atoms with Gasteiger partial charge in [0.25, 0.3) is 0 Å². The van der Waals surface area contributed by atoms with Crippen LogP contribution in [0.4, 0.5) is 0 Å². The van der Waals surface area contributed by atoms with Gasteiger partial charge in [-0.2, -0.15) is 0 Å². The lowest BCUT2D eigenvalue weighted by atomic mass is 9.86. The molecule has 0 spiro atoms. The molecule has 2 heteroatoms. The Labute approximate surface area is 80.7 Å². The molecular weight excluding hydrogens is 164 g/mol. The fraction of sp³-hybridized carbons (Fsp3) is 0.909. The Morgan fingerprint density at radius 3 is 2.23 bits per heavy atom. The van der Waals surface area contributed by atoms with Gasteiger partial charge in [-0.1, -0.05) is 20.3 Å². The van der Waals surface area contributed by atoms with Crippen molar-refractivity contribution in [3.05, 3.63) is 0 Å². The summed E-state index contributed by atoms with van der Waals surface area (Å²) in [6.45, 7) is 5.83. The molecule has 0 aromatic heterocycles. The van der Waals surface area contributed by atoms with E-state index in [0.717, 1.165) is 12.8 Å². The summed E-state index contributed by atoms with van der Waals surface area (Å²) in [5.74, 6) is -0.0526.